The summed E-state index contributed by atoms with van der Waals surface area (Å²) in [6.07, 6.45) is 0. The van der Waals surface area contributed by atoms with Gasteiger partial charge in [0.2, 0.25) is 0 Å². The third-order valence-electron chi connectivity index (χ3n) is 2.81. The molecule has 0 aliphatic rings. The van der Waals surface area contributed by atoms with Crippen LogP contribution >= 0.6 is 22.9 Å². The predicted molar refractivity (Wildman–Crippen MR) is 81.3 cm³/mol. The smallest absolute Gasteiger partial charge is 0.169 e. The monoisotopic (exact) mass is 299 g/mol. The Morgan fingerprint density at radius 1 is 1.32 bits per heavy atom. The van der Waals surface area contributed by atoms with Crippen molar-refractivity contribution < 1.29 is 4.39 Å². The van der Waals surface area contributed by atoms with Gasteiger partial charge in [-0.3, -0.25) is 0 Å². The molecule has 0 spiro atoms. The number of benzene rings is 1. The lowest BCUT2D eigenvalue weighted by Crippen LogP contribution is -2.10. The summed E-state index contributed by atoms with van der Waals surface area (Å²) in [5.41, 5.74) is 11.9. The van der Waals surface area contributed by atoms with Crippen LogP contribution in [0.5, 0.6) is 0 Å². The van der Waals surface area contributed by atoms with Gasteiger partial charge in [-0.25, -0.2) is 4.39 Å². The van der Waals surface area contributed by atoms with Gasteiger partial charge in [0.1, 0.15) is 5.02 Å². The van der Waals surface area contributed by atoms with Crippen molar-refractivity contribution in [3.05, 3.63) is 38.8 Å². The lowest BCUT2D eigenvalue weighted by molar-refractivity contribution is 0.629. The Kier molecular flexibility index (Phi) is 3.87. The zero-order valence-corrected chi connectivity index (χ0v) is 12.2. The fourth-order valence-electron chi connectivity index (χ4n) is 1.79. The summed E-state index contributed by atoms with van der Waals surface area (Å²) in [4.78, 5) is 2.30. The Bertz CT molecular complexity index is 612. The van der Waals surface area contributed by atoms with E-state index in [2.05, 4.69) is 5.32 Å². The van der Waals surface area contributed by atoms with E-state index in [1.54, 1.807) is 11.3 Å². The number of anilines is 3. The number of nitrogen functional groups attached to an aromatic ring is 2. The molecule has 0 saturated carbocycles. The quantitative estimate of drug-likeness (QED) is 0.745. The average molecular weight is 300 g/mol. The Hall–Kier alpha value is -1.46. The minimum Gasteiger partial charge on any atom is -0.397 e. The number of nitrogens with two attached hydrogens (primary N) is 2. The number of nitrogens with one attached hydrogen (secondary N) is 1. The molecular weight excluding hydrogens is 285 g/mol. The highest BCUT2D eigenvalue weighted by atomic mass is 35.5. The van der Waals surface area contributed by atoms with Gasteiger partial charge in [-0.05, 0) is 32.0 Å². The van der Waals surface area contributed by atoms with Crippen molar-refractivity contribution in [2.24, 2.45) is 0 Å². The molecule has 0 saturated heterocycles. The minimum atomic E-state index is -0.612. The molecule has 0 amide bonds. The van der Waals surface area contributed by atoms with Gasteiger partial charge in [-0.2, -0.15) is 0 Å². The molecule has 0 aliphatic carbocycles. The van der Waals surface area contributed by atoms with Gasteiger partial charge in [0.15, 0.2) is 5.82 Å². The van der Waals surface area contributed by atoms with E-state index in [4.69, 9.17) is 23.1 Å². The minimum absolute atomic E-state index is 0.0600. The first-order valence-corrected chi connectivity index (χ1v) is 6.95. The fraction of sp³-hybridized carbons (Fsp3) is 0.231. The summed E-state index contributed by atoms with van der Waals surface area (Å²) in [6, 6.07) is 5.42. The van der Waals surface area contributed by atoms with Gasteiger partial charge in [-0.15, -0.1) is 11.3 Å². The van der Waals surface area contributed by atoms with Crippen LogP contribution in [0.25, 0.3) is 0 Å². The molecule has 0 radical (unpaired) electrons. The molecule has 1 aromatic heterocycles. The van der Waals surface area contributed by atoms with E-state index >= 15 is 0 Å². The van der Waals surface area contributed by atoms with Crippen molar-refractivity contribution in [2.75, 3.05) is 16.8 Å². The van der Waals surface area contributed by atoms with E-state index in [1.165, 1.54) is 10.9 Å². The number of hydrogen-bond donors (Lipinski definition) is 3. The van der Waals surface area contributed by atoms with E-state index in [-0.39, 0.29) is 28.1 Å². The molecular formula is C13H15ClFN3S. The third kappa shape index (κ3) is 2.77. The first-order valence-electron chi connectivity index (χ1n) is 5.76. The molecule has 1 unspecified atom stereocenters. The lowest BCUT2D eigenvalue weighted by Gasteiger charge is -2.17. The number of halogens is 2. The molecule has 0 aliphatic heterocycles. The Morgan fingerprint density at radius 2 is 2.00 bits per heavy atom. The molecule has 6 heteroatoms. The van der Waals surface area contributed by atoms with Crippen LogP contribution in [-0.4, -0.2) is 0 Å². The number of aryl methyl sites for hydroxylation is 1. The summed E-state index contributed by atoms with van der Waals surface area (Å²) < 4.78 is 14.1. The fourth-order valence-corrected chi connectivity index (χ4v) is 2.82. The molecule has 5 N–H and O–H groups in total. The van der Waals surface area contributed by atoms with Gasteiger partial charge >= 0.3 is 0 Å². The second-order valence-corrected chi connectivity index (χ2v) is 6.07. The normalized spacial score (nSPS) is 12.4. The highest BCUT2D eigenvalue weighted by Gasteiger charge is 2.17. The van der Waals surface area contributed by atoms with Crippen molar-refractivity contribution >= 4 is 40.0 Å². The van der Waals surface area contributed by atoms with E-state index in [0.29, 0.717) is 0 Å². The van der Waals surface area contributed by atoms with Crippen molar-refractivity contribution in [1.29, 1.82) is 0 Å². The second kappa shape index (κ2) is 5.27. The highest BCUT2D eigenvalue weighted by Crippen LogP contribution is 2.36. The summed E-state index contributed by atoms with van der Waals surface area (Å²) in [5, 5.41) is 2.94. The molecule has 3 nitrogen and oxygen atoms in total. The van der Waals surface area contributed by atoms with Gasteiger partial charge in [0, 0.05) is 9.75 Å². The number of rotatable bonds is 3. The van der Waals surface area contributed by atoms with Crippen LogP contribution in [0.3, 0.4) is 0 Å². The zero-order valence-electron chi connectivity index (χ0n) is 10.6. The lowest BCUT2D eigenvalue weighted by atomic mass is 10.2. The summed E-state index contributed by atoms with van der Waals surface area (Å²) in [6.45, 7) is 3.96. The molecule has 1 aromatic carbocycles. The Morgan fingerprint density at radius 3 is 2.58 bits per heavy atom. The van der Waals surface area contributed by atoms with Crippen molar-refractivity contribution in [1.82, 2.24) is 0 Å². The maximum Gasteiger partial charge on any atom is 0.169 e. The van der Waals surface area contributed by atoms with E-state index in [1.807, 2.05) is 26.0 Å². The van der Waals surface area contributed by atoms with Gasteiger partial charge in [0.25, 0.3) is 0 Å². The summed E-state index contributed by atoms with van der Waals surface area (Å²) in [7, 11) is 0. The SMILES string of the molecule is Cc1ccc(C(C)Nc2c(N)cc(N)c(Cl)c2F)s1. The standard InChI is InChI=1S/C13H15ClFN3S/c1-6-3-4-10(19-6)7(2)18-13-9(17)5-8(16)11(14)12(13)15/h3-5,7,18H,16-17H2,1-2H3. The number of thiophene rings is 1. The third-order valence-corrected chi connectivity index (χ3v) is 4.38. The van der Waals surface area contributed by atoms with Crippen LogP contribution < -0.4 is 16.8 Å². The largest absolute Gasteiger partial charge is 0.397 e. The summed E-state index contributed by atoms with van der Waals surface area (Å²) >= 11 is 7.45. The van der Waals surface area contributed by atoms with E-state index in [0.717, 1.165) is 4.88 Å². The average Bonchev–Trinajstić information content (AvgIpc) is 2.78. The molecule has 0 fully saturated rings. The molecule has 1 atom stereocenters. The van der Waals surface area contributed by atoms with Crippen LogP contribution in [-0.2, 0) is 0 Å². The topological polar surface area (TPSA) is 64.1 Å². The van der Waals surface area contributed by atoms with Gasteiger partial charge in [-0.1, -0.05) is 11.6 Å². The Balaban J connectivity index is 2.31. The van der Waals surface area contributed by atoms with Gasteiger partial charge < -0.3 is 16.8 Å². The van der Waals surface area contributed by atoms with Crippen LogP contribution in [0.4, 0.5) is 21.5 Å². The van der Waals surface area contributed by atoms with E-state index < -0.39 is 5.82 Å². The maximum absolute atomic E-state index is 14.1. The van der Waals surface area contributed by atoms with Crippen LogP contribution in [0.1, 0.15) is 22.7 Å². The van der Waals surface area contributed by atoms with Crippen molar-refractivity contribution in [2.45, 2.75) is 19.9 Å². The molecule has 102 valence electrons. The van der Waals surface area contributed by atoms with Crippen molar-refractivity contribution in [3.8, 4) is 0 Å². The molecule has 19 heavy (non-hydrogen) atoms. The molecule has 2 aromatic rings. The van der Waals surface area contributed by atoms with Crippen LogP contribution in [0, 0.1) is 12.7 Å². The Labute approximate surface area is 120 Å². The van der Waals surface area contributed by atoms with Gasteiger partial charge in [0.05, 0.1) is 23.1 Å². The van der Waals surface area contributed by atoms with E-state index in [9.17, 15) is 4.39 Å². The highest BCUT2D eigenvalue weighted by molar-refractivity contribution is 7.12. The summed E-state index contributed by atoms with van der Waals surface area (Å²) in [5.74, 6) is -0.612. The zero-order chi connectivity index (χ0) is 14.2. The predicted octanol–water partition coefficient (Wildman–Crippen LogP) is 4.19. The maximum atomic E-state index is 14.1. The van der Waals surface area contributed by atoms with Crippen LogP contribution in [0.15, 0.2) is 18.2 Å². The molecule has 2 rings (SSSR count). The molecule has 1 heterocycles. The van der Waals surface area contributed by atoms with Crippen LogP contribution in [0.2, 0.25) is 5.02 Å². The second-order valence-electron chi connectivity index (χ2n) is 4.37. The first-order chi connectivity index (χ1) is 8.90. The first kappa shape index (κ1) is 14.0. The molecule has 0 bridgehead atoms. The van der Waals surface area contributed by atoms with Crippen molar-refractivity contribution in [3.63, 3.8) is 0 Å². The number of hydrogen-bond acceptors (Lipinski definition) is 4.